The zero-order valence-electron chi connectivity index (χ0n) is 12.6. The first-order chi connectivity index (χ1) is 9.56. The molecule has 0 aliphatic heterocycles. The lowest BCUT2D eigenvalue weighted by molar-refractivity contribution is 0.586. The molecule has 0 aromatic carbocycles. The Morgan fingerprint density at radius 1 is 1.35 bits per heavy atom. The number of nitrogens with zero attached hydrogens (tertiary/aromatic N) is 3. The summed E-state index contributed by atoms with van der Waals surface area (Å²) in [5.41, 5.74) is 5.29. The summed E-state index contributed by atoms with van der Waals surface area (Å²) in [4.78, 5) is 11.1. The van der Waals surface area contributed by atoms with Gasteiger partial charge < -0.3 is 10.2 Å². The van der Waals surface area contributed by atoms with Gasteiger partial charge in [0.1, 0.15) is 5.82 Å². The summed E-state index contributed by atoms with van der Waals surface area (Å²) in [5.74, 6) is 0.990. The Morgan fingerprint density at radius 2 is 2.15 bits per heavy atom. The summed E-state index contributed by atoms with van der Waals surface area (Å²) in [6.45, 7) is 8.03. The highest BCUT2D eigenvalue weighted by Crippen LogP contribution is 2.16. The van der Waals surface area contributed by atoms with E-state index in [1.807, 2.05) is 12.6 Å². The van der Waals surface area contributed by atoms with Crippen molar-refractivity contribution in [3.8, 4) is 0 Å². The average Bonchev–Trinajstić information content (AvgIpc) is 2.89. The van der Waals surface area contributed by atoms with Crippen molar-refractivity contribution in [2.75, 3.05) is 11.9 Å². The van der Waals surface area contributed by atoms with Crippen LogP contribution in [-0.2, 0) is 13.1 Å². The Balaban J connectivity index is 2.04. The van der Waals surface area contributed by atoms with Gasteiger partial charge in [-0.05, 0) is 18.6 Å². The van der Waals surface area contributed by atoms with Crippen LogP contribution in [0, 0.1) is 6.92 Å². The number of rotatable bonds is 6. The fourth-order valence-electron chi connectivity index (χ4n) is 1.93. The maximum atomic E-state index is 4.69. The largest absolute Gasteiger partial charge is 0.354 e. The molecule has 108 valence electrons. The van der Waals surface area contributed by atoms with Crippen molar-refractivity contribution in [2.45, 2.75) is 39.9 Å². The second-order valence-electron chi connectivity index (χ2n) is 5.29. The van der Waals surface area contributed by atoms with Gasteiger partial charge in [-0.1, -0.05) is 19.9 Å². The molecule has 0 amide bonds. The van der Waals surface area contributed by atoms with Crippen LogP contribution in [0.25, 0.3) is 0 Å². The second kappa shape index (κ2) is 6.81. The highest BCUT2D eigenvalue weighted by molar-refractivity contribution is 7.07. The van der Waals surface area contributed by atoms with Gasteiger partial charge in [-0.2, -0.15) is 0 Å². The maximum Gasteiger partial charge on any atom is 0.128 e. The molecule has 2 aromatic rings. The Morgan fingerprint density at radius 3 is 2.75 bits per heavy atom. The van der Waals surface area contributed by atoms with Gasteiger partial charge in [0.25, 0.3) is 0 Å². The van der Waals surface area contributed by atoms with E-state index in [1.165, 1.54) is 5.56 Å². The summed E-state index contributed by atoms with van der Waals surface area (Å²) in [5, 5.41) is 5.50. The zero-order chi connectivity index (χ0) is 14.5. The van der Waals surface area contributed by atoms with E-state index in [0.29, 0.717) is 6.04 Å². The standard InChI is InChI=1S/C15H22N4S/c1-11(2)16-7-13-5-6-15(18-12(13)3)19(4)8-14-9-20-10-17-14/h5-6,9-11,16H,7-8H2,1-4H3. The van der Waals surface area contributed by atoms with E-state index in [9.17, 15) is 0 Å². The smallest absolute Gasteiger partial charge is 0.128 e. The quantitative estimate of drug-likeness (QED) is 0.888. The molecule has 5 heteroatoms. The van der Waals surface area contributed by atoms with Gasteiger partial charge >= 0.3 is 0 Å². The fraction of sp³-hybridized carbons (Fsp3) is 0.467. The van der Waals surface area contributed by atoms with Crippen molar-refractivity contribution in [1.82, 2.24) is 15.3 Å². The van der Waals surface area contributed by atoms with E-state index >= 15 is 0 Å². The number of nitrogens with one attached hydrogen (secondary N) is 1. The lowest BCUT2D eigenvalue weighted by Crippen LogP contribution is -2.23. The predicted molar refractivity (Wildman–Crippen MR) is 85.2 cm³/mol. The highest BCUT2D eigenvalue weighted by Gasteiger charge is 2.08. The summed E-state index contributed by atoms with van der Waals surface area (Å²) in [6.07, 6.45) is 0. The molecular formula is C15H22N4S. The molecule has 0 spiro atoms. The Hall–Kier alpha value is -1.46. The number of aryl methyl sites for hydroxylation is 1. The summed E-state index contributed by atoms with van der Waals surface area (Å²) >= 11 is 1.63. The lowest BCUT2D eigenvalue weighted by Gasteiger charge is -2.19. The Labute approximate surface area is 124 Å². The molecule has 0 saturated heterocycles. The van der Waals surface area contributed by atoms with E-state index in [4.69, 9.17) is 4.98 Å². The molecule has 0 radical (unpaired) electrons. The molecular weight excluding hydrogens is 268 g/mol. The molecule has 0 bridgehead atoms. The summed E-state index contributed by atoms with van der Waals surface area (Å²) < 4.78 is 0. The average molecular weight is 290 g/mol. The fourth-order valence-corrected chi connectivity index (χ4v) is 2.48. The normalized spacial score (nSPS) is 11.1. The number of hydrogen-bond donors (Lipinski definition) is 1. The number of hydrogen-bond acceptors (Lipinski definition) is 5. The molecule has 0 fully saturated rings. The Kier molecular flexibility index (Phi) is 5.09. The van der Waals surface area contributed by atoms with E-state index < -0.39 is 0 Å². The van der Waals surface area contributed by atoms with Crippen LogP contribution in [0.5, 0.6) is 0 Å². The van der Waals surface area contributed by atoms with Crippen molar-refractivity contribution in [2.24, 2.45) is 0 Å². The molecule has 4 nitrogen and oxygen atoms in total. The number of pyridine rings is 1. The van der Waals surface area contributed by atoms with E-state index in [2.05, 4.69) is 53.5 Å². The number of anilines is 1. The third kappa shape index (κ3) is 4.02. The van der Waals surface area contributed by atoms with Gasteiger partial charge in [0.2, 0.25) is 0 Å². The van der Waals surface area contributed by atoms with Gasteiger partial charge in [-0.15, -0.1) is 11.3 Å². The van der Waals surface area contributed by atoms with E-state index in [1.54, 1.807) is 11.3 Å². The Bertz CT molecular complexity index is 537. The highest BCUT2D eigenvalue weighted by atomic mass is 32.1. The minimum atomic E-state index is 0.487. The molecule has 1 N–H and O–H groups in total. The molecule has 0 aliphatic carbocycles. The number of aromatic nitrogens is 2. The SMILES string of the molecule is Cc1nc(N(C)Cc2cscn2)ccc1CNC(C)C. The van der Waals surface area contributed by atoms with Gasteiger partial charge in [0, 0.05) is 30.7 Å². The van der Waals surface area contributed by atoms with Crippen LogP contribution in [0.4, 0.5) is 5.82 Å². The van der Waals surface area contributed by atoms with Crippen molar-refractivity contribution in [3.63, 3.8) is 0 Å². The monoisotopic (exact) mass is 290 g/mol. The minimum absolute atomic E-state index is 0.487. The van der Waals surface area contributed by atoms with Crippen molar-refractivity contribution in [1.29, 1.82) is 0 Å². The van der Waals surface area contributed by atoms with E-state index in [0.717, 1.165) is 30.3 Å². The van der Waals surface area contributed by atoms with Crippen LogP contribution in [0.2, 0.25) is 0 Å². The molecule has 0 saturated carbocycles. The summed E-state index contributed by atoms with van der Waals surface area (Å²) in [6, 6.07) is 4.72. The molecule has 20 heavy (non-hydrogen) atoms. The van der Waals surface area contributed by atoms with Crippen molar-refractivity contribution >= 4 is 17.2 Å². The topological polar surface area (TPSA) is 41.1 Å². The van der Waals surface area contributed by atoms with Crippen LogP contribution >= 0.6 is 11.3 Å². The maximum absolute atomic E-state index is 4.69. The first-order valence-corrected chi connectivity index (χ1v) is 7.78. The molecule has 2 aromatic heterocycles. The van der Waals surface area contributed by atoms with Crippen molar-refractivity contribution < 1.29 is 0 Å². The molecule has 0 unspecified atom stereocenters. The second-order valence-corrected chi connectivity index (χ2v) is 6.00. The third-order valence-electron chi connectivity index (χ3n) is 3.16. The molecule has 0 aliphatic rings. The first kappa shape index (κ1) is 14.9. The van der Waals surface area contributed by atoms with Crippen molar-refractivity contribution in [3.05, 3.63) is 40.0 Å². The van der Waals surface area contributed by atoms with Crippen LogP contribution in [-0.4, -0.2) is 23.1 Å². The number of thiazole rings is 1. The van der Waals surface area contributed by atoms with Crippen LogP contribution < -0.4 is 10.2 Å². The predicted octanol–water partition coefficient (Wildman–Crippen LogP) is 2.98. The van der Waals surface area contributed by atoms with Crippen LogP contribution in [0.3, 0.4) is 0 Å². The molecule has 2 rings (SSSR count). The summed E-state index contributed by atoms with van der Waals surface area (Å²) in [7, 11) is 2.05. The van der Waals surface area contributed by atoms with Gasteiger partial charge in [0.15, 0.2) is 0 Å². The lowest BCUT2D eigenvalue weighted by atomic mass is 10.2. The van der Waals surface area contributed by atoms with Crippen LogP contribution in [0.1, 0.15) is 30.8 Å². The molecule has 2 heterocycles. The van der Waals surface area contributed by atoms with Gasteiger partial charge in [-0.25, -0.2) is 9.97 Å². The van der Waals surface area contributed by atoms with Crippen LogP contribution in [0.15, 0.2) is 23.0 Å². The first-order valence-electron chi connectivity index (χ1n) is 6.84. The third-order valence-corrected chi connectivity index (χ3v) is 3.79. The zero-order valence-corrected chi connectivity index (χ0v) is 13.4. The van der Waals surface area contributed by atoms with Gasteiger partial charge in [-0.3, -0.25) is 0 Å². The molecule has 0 atom stereocenters. The minimum Gasteiger partial charge on any atom is -0.354 e. The van der Waals surface area contributed by atoms with Gasteiger partial charge in [0.05, 0.1) is 17.7 Å². The van der Waals surface area contributed by atoms with E-state index in [-0.39, 0.29) is 0 Å².